The summed E-state index contributed by atoms with van der Waals surface area (Å²) < 4.78 is 22.8. The Morgan fingerprint density at radius 3 is 2.69 bits per heavy atom. The van der Waals surface area contributed by atoms with Crippen molar-refractivity contribution in [3.05, 3.63) is 83.7 Å². The highest BCUT2D eigenvalue weighted by atomic mass is 19.1. The number of benzene rings is 2. The first kappa shape index (κ1) is 21.2. The van der Waals surface area contributed by atoms with Gasteiger partial charge < -0.3 is 10.1 Å². The van der Waals surface area contributed by atoms with Gasteiger partial charge >= 0.3 is 0 Å². The van der Waals surface area contributed by atoms with Gasteiger partial charge in [0.25, 0.3) is 5.91 Å². The van der Waals surface area contributed by atoms with Crippen molar-refractivity contribution in [2.24, 2.45) is 0 Å². The molecule has 0 atom stereocenters. The van der Waals surface area contributed by atoms with E-state index in [1.807, 2.05) is 13.8 Å². The number of aromatic nitrogens is 6. The van der Waals surface area contributed by atoms with Crippen molar-refractivity contribution in [1.29, 1.82) is 0 Å². The van der Waals surface area contributed by atoms with Crippen LogP contribution in [0.5, 0.6) is 5.75 Å². The SMILES string of the molecule is CC(C)n1nnnc1COc1ccc(C(=O)Nc2cnn(Cc3ccccc3F)c2)cc1. The summed E-state index contributed by atoms with van der Waals surface area (Å²) in [7, 11) is 0. The van der Waals surface area contributed by atoms with Gasteiger partial charge in [-0.05, 0) is 54.6 Å². The molecule has 0 aliphatic carbocycles. The van der Waals surface area contributed by atoms with Crippen molar-refractivity contribution in [3.8, 4) is 5.75 Å². The lowest BCUT2D eigenvalue weighted by Crippen LogP contribution is -2.12. The summed E-state index contributed by atoms with van der Waals surface area (Å²) in [5, 5.41) is 18.5. The van der Waals surface area contributed by atoms with E-state index in [0.29, 0.717) is 28.4 Å². The van der Waals surface area contributed by atoms with Crippen molar-refractivity contribution in [2.45, 2.75) is 33.0 Å². The number of anilines is 1. The molecule has 164 valence electrons. The Morgan fingerprint density at radius 1 is 1.16 bits per heavy atom. The topological polar surface area (TPSA) is 99.8 Å². The Balaban J connectivity index is 1.33. The second-order valence-corrected chi connectivity index (χ2v) is 7.42. The molecule has 0 bridgehead atoms. The summed E-state index contributed by atoms with van der Waals surface area (Å²) in [4.78, 5) is 12.5. The molecule has 1 amide bonds. The molecule has 4 aromatic rings. The Labute approximate surface area is 183 Å². The summed E-state index contributed by atoms with van der Waals surface area (Å²) in [6, 6.07) is 13.4. The van der Waals surface area contributed by atoms with Crippen molar-refractivity contribution in [1.82, 2.24) is 30.0 Å². The molecule has 0 saturated carbocycles. The summed E-state index contributed by atoms with van der Waals surface area (Å²) in [6.45, 7) is 4.46. The van der Waals surface area contributed by atoms with Gasteiger partial charge in [-0.3, -0.25) is 9.48 Å². The molecule has 2 aromatic heterocycles. The lowest BCUT2D eigenvalue weighted by atomic mass is 10.2. The zero-order valence-corrected chi connectivity index (χ0v) is 17.6. The number of ether oxygens (including phenoxy) is 1. The van der Waals surface area contributed by atoms with Crippen LogP contribution in [0.4, 0.5) is 10.1 Å². The molecule has 2 aromatic carbocycles. The van der Waals surface area contributed by atoms with E-state index in [4.69, 9.17) is 4.74 Å². The van der Waals surface area contributed by atoms with Gasteiger partial charge in [-0.15, -0.1) is 5.10 Å². The van der Waals surface area contributed by atoms with Gasteiger partial charge in [0.05, 0.1) is 24.5 Å². The molecule has 0 spiro atoms. The maximum absolute atomic E-state index is 13.8. The number of tetrazole rings is 1. The first-order valence-corrected chi connectivity index (χ1v) is 10.1. The Morgan fingerprint density at radius 2 is 1.94 bits per heavy atom. The van der Waals surface area contributed by atoms with E-state index in [1.54, 1.807) is 58.0 Å². The minimum atomic E-state index is -0.295. The molecule has 1 N–H and O–H groups in total. The van der Waals surface area contributed by atoms with Crippen LogP contribution in [0.1, 0.15) is 41.6 Å². The van der Waals surface area contributed by atoms with Gasteiger partial charge in [0.2, 0.25) is 0 Å². The van der Waals surface area contributed by atoms with Gasteiger partial charge in [0.1, 0.15) is 18.2 Å². The number of hydrogen-bond acceptors (Lipinski definition) is 6. The van der Waals surface area contributed by atoms with Crippen LogP contribution in [-0.2, 0) is 13.2 Å². The van der Waals surface area contributed by atoms with E-state index in [0.717, 1.165) is 0 Å². The van der Waals surface area contributed by atoms with E-state index >= 15 is 0 Å². The number of carbonyl (C=O) groups excluding carboxylic acids is 1. The number of nitrogens with one attached hydrogen (secondary N) is 1. The monoisotopic (exact) mass is 435 g/mol. The molecule has 4 rings (SSSR count). The third kappa shape index (κ3) is 4.97. The number of halogens is 1. The fourth-order valence-corrected chi connectivity index (χ4v) is 3.08. The molecular formula is C22H22FN7O2. The van der Waals surface area contributed by atoms with Crippen LogP contribution in [0.25, 0.3) is 0 Å². The third-order valence-electron chi connectivity index (χ3n) is 4.72. The second kappa shape index (κ2) is 9.38. The Hall–Kier alpha value is -4.08. The van der Waals surface area contributed by atoms with Crippen LogP contribution in [-0.4, -0.2) is 35.9 Å². The van der Waals surface area contributed by atoms with Crippen LogP contribution in [0.2, 0.25) is 0 Å². The summed E-state index contributed by atoms with van der Waals surface area (Å²) in [5.41, 5.74) is 1.50. The summed E-state index contributed by atoms with van der Waals surface area (Å²) >= 11 is 0. The van der Waals surface area contributed by atoms with Gasteiger partial charge in [-0.1, -0.05) is 18.2 Å². The molecule has 32 heavy (non-hydrogen) atoms. The molecule has 0 radical (unpaired) electrons. The van der Waals surface area contributed by atoms with E-state index in [-0.39, 0.29) is 30.9 Å². The van der Waals surface area contributed by atoms with Crippen LogP contribution >= 0.6 is 0 Å². The third-order valence-corrected chi connectivity index (χ3v) is 4.72. The first-order valence-electron chi connectivity index (χ1n) is 10.1. The predicted octanol–water partition coefficient (Wildman–Crippen LogP) is 3.47. The number of hydrogen-bond donors (Lipinski definition) is 1. The average molecular weight is 435 g/mol. The van der Waals surface area contributed by atoms with E-state index in [1.165, 1.54) is 12.3 Å². The van der Waals surface area contributed by atoms with Crippen molar-refractivity contribution in [3.63, 3.8) is 0 Å². The minimum absolute atomic E-state index is 0.130. The summed E-state index contributed by atoms with van der Waals surface area (Å²) in [5.74, 6) is 0.633. The van der Waals surface area contributed by atoms with E-state index in [9.17, 15) is 9.18 Å². The quantitative estimate of drug-likeness (QED) is 0.455. The maximum atomic E-state index is 13.8. The second-order valence-electron chi connectivity index (χ2n) is 7.42. The standard InChI is InChI=1S/C22H22FN7O2/c1-15(2)30-21(26-27-28-30)14-32-19-9-7-16(8-10-19)22(31)25-18-11-24-29(13-18)12-17-5-3-4-6-20(17)23/h3-11,13,15H,12,14H2,1-2H3,(H,25,31). The van der Waals surface area contributed by atoms with Crippen LogP contribution in [0.15, 0.2) is 60.9 Å². The molecule has 0 unspecified atom stereocenters. The van der Waals surface area contributed by atoms with Gasteiger partial charge in [0, 0.05) is 17.3 Å². The highest BCUT2D eigenvalue weighted by Crippen LogP contribution is 2.16. The fourth-order valence-electron chi connectivity index (χ4n) is 3.08. The number of nitrogens with zero attached hydrogens (tertiary/aromatic N) is 6. The van der Waals surface area contributed by atoms with Gasteiger partial charge in [-0.25, -0.2) is 9.07 Å². The maximum Gasteiger partial charge on any atom is 0.255 e. The smallest absolute Gasteiger partial charge is 0.255 e. The highest BCUT2D eigenvalue weighted by molar-refractivity contribution is 6.04. The number of amides is 1. The van der Waals surface area contributed by atoms with Crippen molar-refractivity contribution >= 4 is 11.6 Å². The molecule has 2 heterocycles. The molecule has 0 fully saturated rings. The molecule has 0 aliphatic rings. The first-order chi connectivity index (χ1) is 15.5. The van der Waals surface area contributed by atoms with Crippen LogP contribution in [0, 0.1) is 5.82 Å². The molecule has 0 saturated heterocycles. The zero-order chi connectivity index (χ0) is 22.5. The molecule has 0 aliphatic heterocycles. The van der Waals surface area contributed by atoms with E-state index < -0.39 is 0 Å². The Bertz CT molecular complexity index is 1200. The van der Waals surface area contributed by atoms with Crippen molar-refractivity contribution < 1.29 is 13.9 Å². The molecule has 9 nitrogen and oxygen atoms in total. The highest BCUT2D eigenvalue weighted by Gasteiger charge is 2.11. The molecular weight excluding hydrogens is 413 g/mol. The van der Waals surface area contributed by atoms with E-state index in [2.05, 4.69) is 25.9 Å². The van der Waals surface area contributed by atoms with Crippen LogP contribution in [0.3, 0.4) is 0 Å². The number of rotatable bonds is 8. The lowest BCUT2D eigenvalue weighted by molar-refractivity contribution is 0.102. The van der Waals surface area contributed by atoms with Gasteiger partial charge in [0.15, 0.2) is 5.82 Å². The average Bonchev–Trinajstić information content (AvgIpc) is 3.44. The molecule has 10 heteroatoms. The Kier molecular flexibility index (Phi) is 6.20. The minimum Gasteiger partial charge on any atom is -0.486 e. The largest absolute Gasteiger partial charge is 0.486 e. The normalized spacial score (nSPS) is 11.0. The van der Waals surface area contributed by atoms with Crippen LogP contribution < -0.4 is 10.1 Å². The summed E-state index contributed by atoms with van der Waals surface area (Å²) in [6.07, 6.45) is 3.18. The number of carbonyl (C=O) groups is 1. The lowest BCUT2D eigenvalue weighted by Gasteiger charge is -2.09. The van der Waals surface area contributed by atoms with Crippen molar-refractivity contribution in [2.75, 3.05) is 5.32 Å². The zero-order valence-electron chi connectivity index (χ0n) is 17.6. The predicted molar refractivity (Wildman–Crippen MR) is 115 cm³/mol. The van der Waals surface area contributed by atoms with Gasteiger partial charge in [-0.2, -0.15) is 5.10 Å². The fraction of sp³-hybridized carbons (Fsp3) is 0.227.